The van der Waals surface area contributed by atoms with Crippen molar-refractivity contribution < 1.29 is 4.39 Å². The molecule has 0 atom stereocenters. The molecule has 0 bridgehead atoms. The summed E-state index contributed by atoms with van der Waals surface area (Å²) in [5.41, 5.74) is 8.87. The Bertz CT molecular complexity index is 492. The van der Waals surface area contributed by atoms with E-state index in [1.54, 1.807) is 18.3 Å². The number of halogens is 1. The van der Waals surface area contributed by atoms with Crippen LogP contribution in [-0.4, -0.2) is 4.98 Å². The Morgan fingerprint density at radius 1 is 1.19 bits per heavy atom. The van der Waals surface area contributed by atoms with Gasteiger partial charge in [0.1, 0.15) is 5.82 Å². The van der Waals surface area contributed by atoms with Crippen molar-refractivity contribution in [1.82, 2.24) is 4.98 Å². The zero-order chi connectivity index (χ0) is 11.5. The van der Waals surface area contributed by atoms with Gasteiger partial charge in [-0.1, -0.05) is 12.1 Å². The van der Waals surface area contributed by atoms with Crippen LogP contribution >= 0.6 is 0 Å². The predicted octanol–water partition coefficient (Wildman–Crippen LogP) is 2.65. The van der Waals surface area contributed by atoms with Crippen LogP contribution in [0.15, 0.2) is 36.5 Å². The highest BCUT2D eigenvalue weighted by molar-refractivity contribution is 5.63. The second-order valence-electron chi connectivity index (χ2n) is 3.70. The summed E-state index contributed by atoms with van der Waals surface area (Å²) in [6, 6.07) is 8.84. The molecule has 0 aliphatic heterocycles. The summed E-state index contributed by atoms with van der Waals surface area (Å²) < 4.78 is 13.3. The smallest absolute Gasteiger partial charge is 0.127 e. The van der Waals surface area contributed by atoms with E-state index >= 15 is 0 Å². The summed E-state index contributed by atoms with van der Waals surface area (Å²) in [6.07, 6.45) is 1.78. The van der Waals surface area contributed by atoms with Gasteiger partial charge in [-0.3, -0.25) is 4.98 Å². The van der Waals surface area contributed by atoms with Crippen LogP contribution in [0, 0.1) is 12.7 Å². The maximum absolute atomic E-state index is 13.3. The molecule has 0 spiro atoms. The van der Waals surface area contributed by atoms with Crippen molar-refractivity contribution in [2.75, 3.05) is 0 Å². The SMILES string of the molecule is Cc1ccc(-c2ccc(F)c(CN)c2)cn1. The molecule has 2 rings (SSSR count). The zero-order valence-corrected chi connectivity index (χ0v) is 9.07. The van der Waals surface area contributed by atoms with E-state index in [1.807, 2.05) is 19.1 Å². The van der Waals surface area contributed by atoms with Crippen LogP contribution in [0.4, 0.5) is 4.39 Å². The second-order valence-corrected chi connectivity index (χ2v) is 3.70. The number of hydrogen-bond acceptors (Lipinski definition) is 2. The van der Waals surface area contributed by atoms with E-state index in [-0.39, 0.29) is 12.4 Å². The van der Waals surface area contributed by atoms with Crippen molar-refractivity contribution in [2.24, 2.45) is 5.73 Å². The Hall–Kier alpha value is -1.74. The molecule has 0 unspecified atom stereocenters. The lowest BCUT2D eigenvalue weighted by molar-refractivity contribution is 0.611. The van der Waals surface area contributed by atoms with Crippen molar-refractivity contribution in [3.63, 3.8) is 0 Å². The third kappa shape index (κ3) is 2.09. The van der Waals surface area contributed by atoms with Crippen molar-refractivity contribution in [2.45, 2.75) is 13.5 Å². The number of benzene rings is 1. The van der Waals surface area contributed by atoms with Crippen LogP contribution in [0.25, 0.3) is 11.1 Å². The number of aromatic nitrogens is 1. The van der Waals surface area contributed by atoms with E-state index in [0.29, 0.717) is 5.56 Å². The van der Waals surface area contributed by atoms with E-state index in [4.69, 9.17) is 5.73 Å². The van der Waals surface area contributed by atoms with Gasteiger partial charge in [0.15, 0.2) is 0 Å². The Labute approximate surface area is 93.9 Å². The number of pyridine rings is 1. The number of nitrogens with two attached hydrogens (primary N) is 1. The predicted molar refractivity (Wildman–Crippen MR) is 62.3 cm³/mol. The Morgan fingerprint density at radius 3 is 2.56 bits per heavy atom. The zero-order valence-electron chi connectivity index (χ0n) is 9.07. The van der Waals surface area contributed by atoms with Gasteiger partial charge in [-0.25, -0.2) is 4.39 Å². The summed E-state index contributed by atoms with van der Waals surface area (Å²) in [7, 11) is 0. The summed E-state index contributed by atoms with van der Waals surface area (Å²) >= 11 is 0. The molecular weight excluding hydrogens is 203 g/mol. The molecule has 0 aliphatic rings. The monoisotopic (exact) mass is 216 g/mol. The lowest BCUT2D eigenvalue weighted by atomic mass is 10.0. The largest absolute Gasteiger partial charge is 0.326 e. The summed E-state index contributed by atoms with van der Waals surface area (Å²) in [5.74, 6) is -0.258. The fourth-order valence-electron chi connectivity index (χ4n) is 1.55. The molecule has 0 aliphatic carbocycles. The number of rotatable bonds is 2. The summed E-state index contributed by atoms with van der Waals surface area (Å²) in [6.45, 7) is 2.14. The van der Waals surface area contributed by atoms with Gasteiger partial charge in [-0.2, -0.15) is 0 Å². The Kier molecular flexibility index (Phi) is 2.97. The van der Waals surface area contributed by atoms with Crippen LogP contribution in [-0.2, 0) is 6.54 Å². The molecule has 0 amide bonds. The highest BCUT2D eigenvalue weighted by atomic mass is 19.1. The van der Waals surface area contributed by atoms with Crippen LogP contribution in [0.1, 0.15) is 11.3 Å². The number of aryl methyl sites for hydroxylation is 1. The molecule has 2 nitrogen and oxygen atoms in total. The molecule has 16 heavy (non-hydrogen) atoms. The van der Waals surface area contributed by atoms with Gasteiger partial charge in [0.05, 0.1) is 0 Å². The molecular formula is C13H13FN2. The Morgan fingerprint density at radius 2 is 1.94 bits per heavy atom. The lowest BCUT2D eigenvalue weighted by Gasteiger charge is -2.05. The van der Waals surface area contributed by atoms with E-state index in [2.05, 4.69) is 4.98 Å². The normalized spacial score (nSPS) is 10.4. The summed E-state index contributed by atoms with van der Waals surface area (Å²) in [5, 5.41) is 0. The molecule has 3 heteroatoms. The van der Waals surface area contributed by atoms with Crippen molar-refractivity contribution in [3.05, 3.63) is 53.6 Å². The third-order valence-electron chi connectivity index (χ3n) is 2.51. The van der Waals surface area contributed by atoms with Crippen LogP contribution in [0.3, 0.4) is 0 Å². The van der Waals surface area contributed by atoms with Gasteiger partial charge in [0.25, 0.3) is 0 Å². The second kappa shape index (κ2) is 4.41. The maximum Gasteiger partial charge on any atom is 0.127 e. The van der Waals surface area contributed by atoms with Crippen molar-refractivity contribution in [1.29, 1.82) is 0 Å². The first-order valence-electron chi connectivity index (χ1n) is 5.12. The average molecular weight is 216 g/mol. The van der Waals surface area contributed by atoms with Gasteiger partial charge in [-0.05, 0) is 30.7 Å². The molecule has 0 fully saturated rings. The van der Waals surface area contributed by atoms with E-state index in [9.17, 15) is 4.39 Å². The minimum Gasteiger partial charge on any atom is -0.326 e. The third-order valence-corrected chi connectivity index (χ3v) is 2.51. The maximum atomic E-state index is 13.3. The molecule has 2 N–H and O–H groups in total. The standard InChI is InChI=1S/C13H13FN2/c1-9-2-3-11(8-16-9)10-4-5-13(14)12(6-10)7-15/h2-6,8H,7,15H2,1H3. The Balaban J connectivity index is 2.44. The highest BCUT2D eigenvalue weighted by Crippen LogP contribution is 2.21. The molecule has 1 aromatic heterocycles. The van der Waals surface area contributed by atoms with Crippen molar-refractivity contribution in [3.8, 4) is 11.1 Å². The number of hydrogen-bond donors (Lipinski definition) is 1. The molecule has 0 saturated carbocycles. The van der Waals surface area contributed by atoms with E-state index in [0.717, 1.165) is 16.8 Å². The minimum absolute atomic E-state index is 0.207. The molecule has 1 aromatic carbocycles. The fourth-order valence-corrected chi connectivity index (χ4v) is 1.55. The first-order chi connectivity index (χ1) is 7.70. The van der Waals surface area contributed by atoms with Crippen LogP contribution in [0.2, 0.25) is 0 Å². The molecule has 2 aromatic rings. The quantitative estimate of drug-likeness (QED) is 0.838. The molecule has 0 saturated heterocycles. The molecule has 1 heterocycles. The minimum atomic E-state index is -0.258. The van der Waals surface area contributed by atoms with Gasteiger partial charge in [0.2, 0.25) is 0 Å². The van der Waals surface area contributed by atoms with Gasteiger partial charge < -0.3 is 5.73 Å². The number of nitrogens with zero attached hydrogens (tertiary/aromatic N) is 1. The fraction of sp³-hybridized carbons (Fsp3) is 0.154. The highest BCUT2D eigenvalue weighted by Gasteiger charge is 2.03. The van der Waals surface area contributed by atoms with Crippen LogP contribution < -0.4 is 5.73 Å². The van der Waals surface area contributed by atoms with Gasteiger partial charge in [-0.15, -0.1) is 0 Å². The molecule has 0 radical (unpaired) electrons. The first-order valence-corrected chi connectivity index (χ1v) is 5.12. The lowest BCUT2D eigenvalue weighted by Crippen LogP contribution is -1.99. The van der Waals surface area contributed by atoms with Gasteiger partial charge in [0, 0.05) is 29.6 Å². The van der Waals surface area contributed by atoms with E-state index in [1.165, 1.54) is 6.07 Å². The topological polar surface area (TPSA) is 38.9 Å². The van der Waals surface area contributed by atoms with Crippen molar-refractivity contribution >= 4 is 0 Å². The molecule has 82 valence electrons. The summed E-state index contributed by atoms with van der Waals surface area (Å²) in [4.78, 5) is 4.21. The first kappa shape index (κ1) is 10.8. The average Bonchev–Trinajstić information content (AvgIpc) is 2.31. The van der Waals surface area contributed by atoms with Crippen LogP contribution in [0.5, 0.6) is 0 Å². The van der Waals surface area contributed by atoms with Gasteiger partial charge >= 0.3 is 0 Å². The van der Waals surface area contributed by atoms with E-state index < -0.39 is 0 Å².